The first-order chi connectivity index (χ1) is 9.83. The summed E-state index contributed by atoms with van der Waals surface area (Å²) in [4.78, 5) is 0. The van der Waals surface area contributed by atoms with Gasteiger partial charge < -0.3 is 0 Å². The van der Waals surface area contributed by atoms with E-state index in [-0.39, 0.29) is 27.0 Å². The van der Waals surface area contributed by atoms with Crippen molar-refractivity contribution in [3.63, 3.8) is 0 Å². The highest BCUT2D eigenvalue weighted by atomic mass is 127. The highest BCUT2D eigenvalue weighted by Crippen LogP contribution is 2.12. The zero-order valence-electron chi connectivity index (χ0n) is 12.6. The number of hydrogen-bond donors (Lipinski definition) is 0. The molecule has 0 spiro atoms. The maximum Gasteiger partial charge on any atom is 0.352 e. The molecule has 0 aromatic heterocycles. The monoisotopic (exact) mass is 389 g/mol. The summed E-state index contributed by atoms with van der Waals surface area (Å²) in [6.07, 6.45) is 10.8. The minimum absolute atomic E-state index is 0.104. The lowest BCUT2D eigenvalue weighted by Crippen LogP contribution is -3.59. The summed E-state index contributed by atoms with van der Waals surface area (Å²) >= 11 is -0.287. The average molecular weight is 389 g/mol. The zero-order chi connectivity index (χ0) is 14.5. The van der Waals surface area contributed by atoms with Gasteiger partial charge in [0.15, 0.2) is 7.65 Å². The van der Waals surface area contributed by atoms with Gasteiger partial charge in [0, 0.05) is 6.42 Å². The Morgan fingerprint density at radius 1 is 0.950 bits per heavy atom. The van der Waals surface area contributed by atoms with E-state index >= 15 is 0 Å². The van der Waals surface area contributed by atoms with Crippen molar-refractivity contribution in [3.05, 3.63) is 43.8 Å². The van der Waals surface area contributed by atoms with Crippen LogP contribution in [-0.2, 0) is 0 Å². The third kappa shape index (κ3) is 9.51. The maximum absolute atomic E-state index is 13.7. The second-order valence-electron chi connectivity index (χ2n) is 5.19. The van der Waals surface area contributed by atoms with E-state index in [0.717, 1.165) is 6.42 Å². The van der Waals surface area contributed by atoms with Crippen molar-refractivity contribution in [2.75, 3.05) is 0 Å². The summed E-state index contributed by atoms with van der Waals surface area (Å²) in [6.45, 7) is 2.24. The number of hydrogen-bond acceptors (Lipinski definition) is 0. The molecule has 0 radical (unpaired) electrons. The fourth-order valence-corrected chi connectivity index (χ4v) is 3.93. The lowest BCUT2D eigenvalue weighted by atomic mass is 10.1. The van der Waals surface area contributed by atoms with Gasteiger partial charge in [0.05, 0.1) is 0 Å². The van der Waals surface area contributed by atoms with Crippen LogP contribution in [0.15, 0.2) is 40.2 Å². The summed E-state index contributed by atoms with van der Waals surface area (Å²) in [5.41, 5.74) is 0. The number of benzene rings is 1. The molecule has 0 aliphatic heterocycles. The molecule has 0 bridgehead atoms. The van der Waals surface area contributed by atoms with Crippen molar-refractivity contribution in [2.45, 2.75) is 64.7 Å². The van der Waals surface area contributed by atoms with Crippen molar-refractivity contribution in [2.24, 2.45) is 0 Å². The molecule has 2 heteroatoms. The summed E-state index contributed by atoms with van der Waals surface area (Å²) in [5.74, 6) is 0.104. The largest absolute Gasteiger partial charge is 0.352 e. The fourth-order valence-electron chi connectivity index (χ4n) is 2.09. The molecule has 1 aromatic carbocycles. The Morgan fingerprint density at radius 2 is 1.55 bits per heavy atom. The Kier molecular flexibility index (Phi) is 10.9. The van der Waals surface area contributed by atoms with E-state index in [1.54, 1.807) is 0 Å². The number of halogens is 2. The Morgan fingerprint density at radius 3 is 2.20 bits per heavy atom. The molecule has 0 N–H and O–H groups in total. The maximum atomic E-state index is 13.7. The van der Waals surface area contributed by atoms with Crippen molar-refractivity contribution in [3.8, 4) is 0 Å². The van der Waals surface area contributed by atoms with Gasteiger partial charge in [-0.05, 0) is 18.6 Å². The molecular formula is C18H27FI+. The lowest BCUT2D eigenvalue weighted by molar-refractivity contribution is -0.558. The Balaban J connectivity index is 2.01. The molecule has 0 saturated heterocycles. The second kappa shape index (κ2) is 12.4. The van der Waals surface area contributed by atoms with Gasteiger partial charge in [0.2, 0.25) is 0 Å². The van der Waals surface area contributed by atoms with Crippen LogP contribution in [0.3, 0.4) is 0 Å². The molecule has 0 nitrogen and oxygen atoms in total. The first kappa shape index (κ1) is 17.7. The van der Waals surface area contributed by atoms with Crippen LogP contribution in [0.2, 0.25) is 0 Å². The predicted octanol–water partition coefficient (Wildman–Crippen LogP) is 3.29. The minimum Gasteiger partial charge on any atom is -0.208 e. The second-order valence-corrected chi connectivity index (χ2v) is 7.68. The normalized spacial score (nSPS) is 11.8. The van der Waals surface area contributed by atoms with Crippen LogP contribution in [0.25, 0.3) is 0 Å². The van der Waals surface area contributed by atoms with Gasteiger partial charge >= 0.3 is 21.2 Å². The molecule has 0 atom stereocenters. The molecular weight excluding hydrogens is 362 g/mol. The Hall–Kier alpha value is -0.380. The number of unbranched alkanes of at least 4 members (excludes halogenated alkanes) is 7. The minimum atomic E-state index is -0.287. The van der Waals surface area contributed by atoms with Gasteiger partial charge in [0.1, 0.15) is 5.83 Å². The van der Waals surface area contributed by atoms with Crippen LogP contribution in [0.1, 0.15) is 64.7 Å². The molecule has 20 heavy (non-hydrogen) atoms. The Bertz CT molecular complexity index is 359. The van der Waals surface area contributed by atoms with Gasteiger partial charge in [-0.1, -0.05) is 70.1 Å². The first-order valence-corrected chi connectivity index (χ1v) is 10.2. The highest BCUT2D eigenvalue weighted by molar-refractivity contribution is 4.99. The quantitative estimate of drug-likeness (QED) is 0.403. The molecule has 0 aliphatic rings. The number of allylic oxidation sites excluding steroid dienone is 1. The van der Waals surface area contributed by atoms with E-state index in [9.17, 15) is 4.39 Å². The van der Waals surface area contributed by atoms with Gasteiger partial charge in [-0.3, -0.25) is 0 Å². The smallest absolute Gasteiger partial charge is 0.208 e. The molecule has 1 aromatic rings. The molecule has 0 fully saturated rings. The van der Waals surface area contributed by atoms with Crippen molar-refractivity contribution in [1.82, 2.24) is 0 Å². The molecule has 0 unspecified atom stereocenters. The van der Waals surface area contributed by atoms with E-state index < -0.39 is 0 Å². The van der Waals surface area contributed by atoms with Crippen LogP contribution in [-0.4, -0.2) is 0 Å². The van der Waals surface area contributed by atoms with Crippen LogP contribution in [0.4, 0.5) is 4.39 Å². The molecule has 1 rings (SSSR count). The van der Waals surface area contributed by atoms with Crippen LogP contribution in [0.5, 0.6) is 0 Å². The topological polar surface area (TPSA) is 0 Å². The molecule has 0 aliphatic carbocycles. The summed E-state index contributed by atoms with van der Waals surface area (Å²) in [6, 6.07) is 10.2. The lowest BCUT2D eigenvalue weighted by Gasteiger charge is -2.00. The van der Waals surface area contributed by atoms with Gasteiger partial charge in [-0.25, -0.2) is 4.39 Å². The average Bonchev–Trinajstić information content (AvgIpc) is 2.49. The first-order valence-electron chi connectivity index (χ1n) is 7.86. The van der Waals surface area contributed by atoms with E-state index in [0.29, 0.717) is 6.42 Å². The third-order valence-corrected chi connectivity index (χ3v) is 5.73. The van der Waals surface area contributed by atoms with Crippen LogP contribution < -0.4 is 21.2 Å². The van der Waals surface area contributed by atoms with E-state index in [4.69, 9.17) is 0 Å². The van der Waals surface area contributed by atoms with Crippen molar-refractivity contribution >= 4 is 0 Å². The van der Waals surface area contributed by atoms with E-state index in [1.807, 2.05) is 22.3 Å². The third-order valence-electron chi connectivity index (χ3n) is 3.30. The molecule has 0 amide bonds. The van der Waals surface area contributed by atoms with Gasteiger partial charge in [-0.2, -0.15) is 0 Å². The predicted molar refractivity (Wildman–Crippen MR) is 81.6 cm³/mol. The summed E-state index contributed by atoms with van der Waals surface area (Å²) in [7, 11) is 0. The summed E-state index contributed by atoms with van der Waals surface area (Å²) in [5, 5.41) is 0. The molecule has 0 heterocycles. The summed E-state index contributed by atoms with van der Waals surface area (Å²) < 4.78 is 16.8. The molecule has 0 saturated carbocycles. The van der Waals surface area contributed by atoms with Crippen molar-refractivity contribution < 1.29 is 25.6 Å². The standard InChI is InChI=1S/C18H27FI/c1-2-3-4-5-6-7-8-10-13-17(19)16-20-18-14-11-9-12-15-18/h9,11-12,14-16H,2-8,10,13H2,1H3/q+1/b17-16+. The van der Waals surface area contributed by atoms with Crippen LogP contribution >= 0.6 is 0 Å². The molecule has 112 valence electrons. The fraction of sp³-hybridized carbons (Fsp3) is 0.556. The van der Waals surface area contributed by atoms with Gasteiger partial charge in [0.25, 0.3) is 0 Å². The highest BCUT2D eigenvalue weighted by Gasteiger charge is 2.09. The number of rotatable bonds is 11. The van der Waals surface area contributed by atoms with E-state index in [1.165, 1.54) is 48.5 Å². The van der Waals surface area contributed by atoms with E-state index in [2.05, 4.69) is 19.1 Å². The van der Waals surface area contributed by atoms with Crippen LogP contribution in [0, 0.1) is 3.57 Å². The van der Waals surface area contributed by atoms with Crippen molar-refractivity contribution in [1.29, 1.82) is 0 Å². The Labute approximate surface area is 134 Å². The zero-order valence-corrected chi connectivity index (χ0v) is 14.7. The SMILES string of the molecule is CCCCCCCCCC/C(F)=C\[I+]c1ccccc1. The van der Waals surface area contributed by atoms with Gasteiger partial charge in [-0.15, -0.1) is 0 Å².